The van der Waals surface area contributed by atoms with Crippen LogP contribution in [0.1, 0.15) is 31.2 Å². The van der Waals surface area contributed by atoms with Crippen molar-refractivity contribution < 1.29 is 9.90 Å². The van der Waals surface area contributed by atoms with E-state index >= 15 is 0 Å². The van der Waals surface area contributed by atoms with Crippen molar-refractivity contribution in [1.82, 2.24) is 9.88 Å². The minimum Gasteiger partial charge on any atom is -0.385 e. The van der Waals surface area contributed by atoms with Crippen molar-refractivity contribution in [3.05, 3.63) is 54.4 Å². The molecule has 1 aromatic heterocycles. The SMILES string of the molecule is CSc1ccc(NC(=O)N2[C@@H]3CC[C@@H]2CC(O)(c2cccnc2)C3)cc1. The van der Waals surface area contributed by atoms with Gasteiger partial charge in [0.2, 0.25) is 0 Å². The van der Waals surface area contributed by atoms with Crippen LogP contribution in [0.15, 0.2) is 53.7 Å². The van der Waals surface area contributed by atoms with Gasteiger partial charge in [-0.05, 0) is 49.4 Å². The predicted molar refractivity (Wildman–Crippen MR) is 103 cm³/mol. The molecule has 2 aliphatic heterocycles. The highest BCUT2D eigenvalue weighted by atomic mass is 32.2. The number of carbonyl (C=O) groups excluding carboxylic acids is 1. The van der Waals surface area contributed by atoms with E-state index in [1.807, 2.05) is 47.6 Å². The molecule has 0 aliphatic carbocycles. The number of anilines is 1. The zero-order valence-corrected chi connectivity index (χ0v) is 15.6. The van der Waals surface area contributed by atoms with E-state index in [0.29, 0.717) is 12.8 Å². The summed E-state index contributed by atoms with van der Waals surface area (Å²) >= 11 is 1.68. The van der Waals surface area contributed by atoms with Crippen LogP contribution in [-0.4, -0.2) is 39.4 Å². The summed E-state index contributed by atoms with van der Waals surface area (Å²) in [7, 11) is 0. The van der Waals surface area contributed by atoms with Gasteiger partial charge in [0, 0.05) is 53.5 Å². The molecule has 0 radical (unpaired) electrons. The third-order valence-corrected chi connectivity index (χ3v) is 6.28. The molecule has 0 saturated carbocycles. The molecule has 2 N–H and O–H groups in total. The largest absolute Gasteiger partial charge is 0.385 e. The van der Waals surface area contributed by atoms with E-state index in [2.05, 4.69) is 10.3 Å². The number of piperidine rings is 1. The maximum atomic E-state index is 12.8. The van der Waals surface area contributed by atoms with Crippen molar-refractivity contribution in [1.29, 1.82) is 0 Å². The third kappa shape index (κ3) is 3.19. The first-order valence-corrected chi connectivity index (χ1v) is 10.2. The zero-order chi connectivity index (χ0) is 18.1. The topological polar surface area (TPSA) is 65.5 Å². The second-order valence-corrected chi connectivity index (χ2v) is 8.01. The van der Waals surface area contributed by atoms with Crippen LogP contribution in [0, 0.1) is 0 Å². The van der Waals surface area contributed by atoms with Crippen LogP contribution in [0.5, 0.6) is 0 Å². The zero-order valence-electron chi connectivity index (χ0n) is 14.8. The average Bonchev–Trinajstić information content (AvgIpc) is 2.95. The van der Waals surface area contributed by atoms with Crippen LogP contribution >= 0.6 is 11.8 Å². The van der Waals surface area contributed by atoms with E-state index in [0.717, 1.165) is 24.1 Å². The molecule has 136 valence electrons. The van der Waals surface area contributed by atoms with Crippen molar-refractivity contribution in [2.45, 2.75) is 48.3 Å². The van der Waals surface area contributed by atoms with Gasteiger partial charge in [0.15, 0.2) is 0 Å². The van der Waals surface area contributed by atoms with Gasteiger partial charge in [-0.25, -0.2) is 4.79 Å². The fraction of sp³-hybridized carbons (Fsp3) is 0.400. The molecule has 3 heterocycles. The van der Waals surface area contributed by atoms with E-state index < -0.39 is 5.60 Å². The first kappa shape index (κ1) is 17.4. The van der Waals surface area contributed by atoms with Crippen LogP contribution in [0.25, 0.3) is 0 Å². The Balaban J connectivity index is 1.48. The number of pyridine rings is 1. The third-order valence-electron chi connectivity index (χ3n) is 5.54. The molecule has 2 amide bonds. The number of thioether (sulfide) groups is 1. The molecule has 5 nitrogen and oxygen atoms in total. The normalized spacial score (nSPS) is 27.4. The fourth-order valence-corrected chi connectivity index (χ4v) is 4.70. The molecule has 2 aliphatic rings. The number of nitrogens with one attached hydrogen (secondary N) is 1. The molecule has 0 spiro atoms. The average molecular weight is 369 g/mol. The molecule has 2 bridgehead atoms. The first-order chi connectivity index (χ1) is 12.6. The second kappa shape index (κ2) is 6.93. The van der Waals surface area contributed by atoms with Gasteiger partial charge in [-0.15, -0.1) is 11.8 Å². The van der Waals surface area contributed by atoms with Gasteiger partial charge in [0.05, 0.1) is 5.60 Å². The Morgan fingerprint density at radius 1 is 1.23 bits per heavy atom. The van der Waals surface area contributed by atoms with Crippen molar-refractivity contribution in [2.24, 2.45) is 0 Å². The summed E-state index contributed by atoms with van der Waals surface area (Å²) in [4.78, 5) is 20.1. The van der Waals surface area contributed by atoms with Crippen molar-refractivity contribution >= 4 is 23.5 Å². The van der Waals surface area contributed by atoms with Crippen LogP contribution in [0.2, 0.25) is 0 Å². The van der Waals surface area contributed by atoms with Crippen LogP contribution in [0.3, 0.4) is 0 Å². The Labute approximate surface area is 157 Å². The number of nitrogens with zero attached hydrogens (tertiary/aromatic N) is 2. The first-order valence-electron chi connectivity index (χ1n) is 8.95. The number of aliphatic hydroxyl groups is 1. The highest BCUT2D eigenvalue weighted by Gasteiger charge is 2.50. The van der Waals surface area contributed by atoms with Crippen molar-refractivity contribution in [3.8, 4) is 0 Å². The Morgan fingerprint density at radius 2 is 1.92 bits per heavy atom. The molecular weight excluding hydrogens is 346 g/mol. The Kier molecular flexibility index (Phi) is 4.63. The molecule has 1 aromatic carbocycles. The number of benzene rings is 1. The quantitative estimate of drug-likeness (QED) is 0.807. The van der Waals surface area contributed by atoms with Crippen molar-refractivity contribution in [3.63, 3.8) is 0 Å². The van der Waals surface area contributed by atoms with Gasteiger partial charge < -0.3 is 15.3 Å². The van der Waals surface area contributed by atoms with Gasteiger partial charge in [-0.1, -0.05) is 6.07 Å². The Bertz CT molecular complexity index is 767. The second-order valence-electron chi connectivity index (χ2n) is 7.13. The lowest BCUT2D eigenvalue weighted by molar-refractivity contribution is -0.0424. The summed E-state index contributed by atoms with van der Waals surface area (Å²) in [6, 6.07) is 11.7. The highest BCUT2D eigenvalue weighted by Crippen LogP contribution is 2.45. The molecule has 2 atom stereocenters. The Hall–Kier alpha value is -2.05. The monoisotopic (exact) mass is 369 g/mol. The van der Waals surface area contributed by atoms with Gasteiger partial charge >= 0.3 is 6.03 Å². The lowest BCUT2D eigenvalue weighted by atomic mass is 9.81. The maximum Gasteiger partial charge on any atom is 0.322 e. The highest BCUT2D eigenvalue weighted by molar-refractivity contribution is 7.98. The number of aromatic nitrogens is 1. The lowest BCUT2D eigenvalue weighted by Crippen LogP contribution is -2.53. The van der Waals surface area contributed by atoms with Gasteiger partial charge in [-0.3, -0.25) is 4.98 Å². The number of carbonyl (C=O) groups is 1. The summed E-state index contributed by atoms with van der Waals surface area (Å²) in [6.07, 6.45) is 8.48. The molecule has 6 heteroatoms. The number of urea groups is 1. The van der Waals surface area contributed by atoms with E-state index in [4.69, 9.17) is 0 Å². The summed E-state index contributed by atoms with van der Waals surface area (Å²) in [5, 5.41) is 14.2. The van der Waals surface area contributed by atoms with Gasteiger partial charge in [0.25, 0.3) is 0 Å². The summed E-state index contributed by atoms with van der Waals surface area (Å²) < 4.78 is 0. The molecule has 2 aromatic rings. The van der Waals surface area contributed by atoms with E-state index in [1.165, 1.54) is 4.90 Å². The van der Waals surface area contributed by atoms with Gasteiger partial charge in [-0.2, -0.15) is 0 Å². The van der Waals surface area contributed by atoms with Crippen LogP contribution in [0.4, 0.5) is 10.5 Å². The van der Waals surface area contributed by atoms with Crippen LogP contribution < -0.4 is 5.32 Å². The number of fused-ring (bicyclic) bond motifs is 2. The standard InChI is InChI=1S/C20H23N3O2S/c1-26-18-8-4-15(5-9-18)22-19(24)23-16-6-7-17(23)12-20(25,11-16)14-3-2-10-21-13-14/h2-5,8-10,13,16-17,25H,6-7,11-12H2,1H3,(H,22,24)/t16-,17-/m1/s1. The summed E-state index contributed by atoms with van der Waals surface area (Å²) in [6.45, 7) is 0. The summed E-state index contributed by atoms with van der Waals surface area (Å²) in [5.74, 6) is 0. The number of hydrogen-bond acceptors (Lipinski definition) is 4. The number of hydrogen-bond donors (Lipinski definition) is 2. The fourth-order valence-electron chi connectivity index (χ4n) is 4.29. The lowest BCUT2D eigenvalue weighted by Gasteiger charge is -2.43. The number of rotatable bonds is 3. The number of amides is 2. The minimum absolute atomic E-state index is 0.0597. The van der Waals surface area contributed by atoms with Crippen LogP contribution in [-0.2, 0) is 5.60 Å². The van der Waals surface area contributed by atoms with Crippen molar-refractivity contribution in [2.75, 3.05) is 11.6 Å². The molecular formula is C20H23N3O2S. The summed E-state index contributed by atoms with van der Waals surface area (Å²) in [5.41, 5.74) is 0.765. The smallest absolute Gasteiger partial charge is 0.322 e. The van der Waals surface area contributed by atoms with E-state index in [9.17, 15) is 9.90 Å². The van der Waals surface area contributed by atoms with Gasteiger partial charge in [0.1, 0.15) is 0 Å². The molecule has 26 heavy (non-hydrogen) atoms. The maximum absolute atomic E-state index is 12.8. The molecule has 2 saturated heterocycles. The van der Waals surface area contributed by atoms with E-state index in [1.54, 1.807) is 24.2 Å². The molecule has 4 rings (SSSR count). The molecule has 2 fully saturated rings. The van der Waals surface area contributed by atoms with E-state index in [-0.39, 0.29) is 18.1 Å². The predicted octanol–water partition coefficient (Wildman–Crippen LogP) is 3.85. The Morgan fingerprint density at radius 3 is 2.50 bits per heavy atom. The molecule has 0 unspecified atom stereocenters. The minimum atomic E-state index is -0.892.